The van der Waals surface area contributed by atoms with Crippen LogP contribution in [0, 0.1) is 0 Å². The molecule has 2 atom stereocenters. The van der Waals surface area contributed by atoms with Gasteiger partial charge < -0.3 is 15.2 Å². The summed E-state index contributed by atoms with van der Waals surface area (Å²) in [6.07, 6.45) is -1.08. The Morgan fingerprint density at radius 1 is 1.46 bits per heavy atom. The maximum Gasteiger partial charge on any atom is 0.249 e. The van der Waals surface area contributed by atoms with Crippen LogP contribution >= 0.6 is 0 Å². The van der Waals surface area contributed by atoms with Crippen LogP contribution in [0.3, 0.4) is 0 Å². The van der Waals surface area contributed by atoms with E-state index < -0.39 is 17.7 Å². The Labute approximate surface area is 79.3 Å². The molecule has 0 fully saturated rings. The number of rotatable bonds is 4. The van der Waals surface area contributed by atoms with Gasteiger partial charge in [-0.05, 0) is 27.7 Å². The van der Waals surface area contributed by atoms with Crippen molar-refractivity contribution >= 4 is 5.91 Å². The molecule has 0 aliphatic carbocycles. The fourth-order valence-corrected chi connectivity index (χ4v) is 0.631. The van der Waals surface area contributed by atoms with E-state index >= 15 is 0 Å². The lowest BCUT2D eigenvalue weighted by Gasteiger charge is -2.30. The number of hydrogen-bond acceptors (Lipinski definition) is 3. The van der Waals surface area contributed by atoms with Gasteiger partial charge in [0.2, 0.25) is 5.91 Å². The van der Waals surface area contributed by atoms with Crippen molar-refractivity contribution in [2.45, 2.75) is 45.4 Å². The molecule has 2 N–H and O–H groups in total. The van der Waals surface area contributed by atoms with E-state index in [2.05, 4.69) is 5.32 Å². The van der Waals surface area contributed by atoms with Crippen molar-refractivity contribution in [3.63, 3.8) is 0 Å². The van der Waals surface area contributed by atoms with E-state index in [1.165, 1.54) is 7.11 Å². The highest BCUT2D eigenvalue weighted by Gasteiger charge is 2.27. The lowest BCUT2D eigenvalue weighted by Crippen LogP contribution is -2.53. The number of carbonyl (C=O) groups excluding carboxylic acids is 1. The van der Waals surface area contributed by atoms with Crippen molar-refractivity contribution in [1.82, 2.24) is 5.32 Å². The first-order valence-corrected chi connectivity index (χ1v) is 4.34. The maximum absolute atomic E-state index is 11.3. The molecule has 0 bridgehead atoms. The number of nitrogens with one attached hydrogen (secondary N) is 1. The molecule has 0 aromatic carbocycles. The van der Waals surface area contributed by atoms with E-state index in [9.17, 15) is 9.90 Å². The third-order valence-corrected chi connectivity index (χ3v) is 2.21. The molecule has 0 saturated heterocycles. The van der Waals surface area contributed by atoms with Crippen LogP contribution in [0.1, 0.15) is 27.7 Å². The van der Waals surface area contributed by atoms with Gasteiger partial charge in [-0.1, -0.05) is 0 Å². The predicted molar refractivity (Wildman–Crippen MR) is 50.4 cm³/mol. The van der Waals surface area contributed by atoms with Gasteiger partial charge in [0.05, 0.1) is 11.6 Å². The molecule has 0 spiro atoms. The van der Waals surface area contributed by atoms with Crippen LogP contribution in [-0.4, -0.2) is 35.9 Å². The summed E-state index contributed by atoms with van der Waals surface area (Å²) < 4.78 is 4.84. The zero-order chi connectivity index (χ0) is 10.6. The van der Waals surface area contributed by atoms with Crippen LogP contribution in [-0.2, 0) is 9.53 Å². The zero-order valence-electron chi connectivity index (χ0n) is 8.92. The molecular formula is C9H19NO3. The average Bonchev–Trinajstić information content (AvgIpc) is 2.01. The van der Waals surface area contributed by atoms with Gasteiger partial charge in [-0.2, -0.15) is 0 Å². The van der Waals surface area contributed by atoms with Gasteiger partial charge in [0.25, 0.3) is 0 Å². The van der Waals surface area contributed by atoms with Crippen molar-refractivity contribution in [2.75, 3.05) is 7.11 Å². The van der Waals surface area contributed by atoms with Gasteiger partial charge in [-0.15, -0.1) is 0 Å². The first-order valence-electron chi connectivity index (χ1n) is 4.34. The van der Waals surface area contributed by atoms with Crippen LogP contribution in [0.2, 0.25) is 0 Å². The minimum Gasteiger partial charge on any atom is -0.391 e. The predicted octanol–water partition coefficient (Wildman–Crippen LogP) is 0.297. The third-order valence-electron chi connectivity index (χ3n) is 2.21. The summed E-state index contributed by atoms with van der Waals surface area (Å²) in [5.74, 6) is -0.214. The summed E-state index contributed by atoms with van der Waals surface area (Å²) in [4.78, 5) is 11.3. The number of aliphatic hydroxyl groups excluding tert-OH is 1. The molecule has 0 rings (SSSR count). The normalized spacial score (nSPS) is 16.5. The van der Waals surface area contributed by atoms with E-state index in [0.29, 0.717) is 0 Å². The summed E-state index contributed by atoms with van der Waals surface area (Å²) in [6, 6.07) is 0. The smallest absolute Gasteiger partial charge is 0.249 e. The monoisotopic (exact) mass is 189 g/mol. The van der Waals surface area contributed by atoms with E-state index in [-0.39, 0.29) is 5.91 Å². The molecule has 13 heavy (non-hydrogen) atoms. The number of hydrogen-bond donors (Lipinski definition) is 2. The molecule has 0 aromatic heterocycles. The standard InChI is InChI=1S/C9H19NO3/c1-6(13-5)8(12)10-9(3,4)7(2)11/h6-7,11H,1-5H3,(H,10,12). The SMILES string of the molecule is COC(C)C(=O)NC(C)(C)C(C)O. The van der Waals surface area contributed by atoms with Gasteiger partial charge in [0, 0.05) is 7.11 Å². The lowest BCUT2D eigenvalue weighted by molar-refractivity contribution is -0.133. The quantitative estimate of drug-likeness (QED) is 0.668. The molecule has 78 valence electrons. The zero-order valence-corrected chi connectivity index (χ0v) is 8.92. The lowest BCUT2D eigenvalue weighted by atomic mass is 9.98. The fourth-order valence-electron chi connectivity index (χ4n) is 0.631. The number of methoxy groups -OCH3 is 1. The van der Waals surface area contributed by atoms with E-state index in [1.807, 2.05) is 0 Å². The summed E-state index contributed by atoms with van der Waals surface area (Å²) in [6.45, 7) is 6.82. The first-order chi connectivity index (χ1) is 5.81. The highest BCUT2D eigenvalue weighted by molar-refractivity contribution is 5.81. The van der Waals surface area contributed by atoms with Gasteiger partial charge in [-0.25, -0.2) is 0 Å². The summed E-state index contributed by atoms with van der Waals surface area (Å²) in [5, 5.41) is 12.0. The van der Waals surface area contributed by atoms with Gasteiger partial charge in [0.1, 0.15) is 6.10 Å². The minimum atomic E-state index is -0.621. The molecule has 0 radical (unpaired) electrons. The second-order valence-corrected chi connectivity index (χ2v) is 3.76. The molecule has 0 aliphatic rings. The second kappa shape index (κ2) is 4.58. The van der Waals surface area contributed by atoms with Crippen molar-refractivity contribution in [1.29, 1.82) is 0 Å². The number of carbonyl (C=O) groups is 1. The Bertz CT molecular complexity index is 178. The summed E-state index contributed by atoms with van der Waals surface area (Å²) in [5.41, 5.74) is -0.621. The number of amides is 1. The topological polar surface area (TPSA) is 58.6 Å². The molecule has 1 amide bonds. The number of ether oxygens (including phenoxy) is 1. The highest BCUT2D eigenvalue weighted by Crippen LogP contribution is 2.08. The largest absolute Gasteiger partial charge is 0.391 e. The average molecular weight is 189 g/mol. The molecule has 0 saturated carbocycles. The van der Waals surface area contributed by atoms with Crippen molar-refractivity contribution in [3.8, 4) is 0 Å². The van der Waals surface area contributed by atoms with Crippen molar-refractivity contribution in [2.24, 2.45) is 0 Å². The van der Waals surface area contributed by atoms with E-state index in [1.54, 1.807) is 27.7 Å². The van der Waals surface area contributed by atoms with Crippen LogP contribution < -0.4 is 5.32 Å². The van der Waals surface area contributed by atoms with Crippen molar-refractivity contribution < 1.29 is 14.6 Å². The van der Waals surface area contributed by atoms with Crippen LogP contribution in [0.5, 0.6) is 0 Å². The van der Waals surface area contributed by atoms with Gasteiger partial charge in [-0.3, -0.25) is 4.79 Å². The Hall–Kier alpha value is -0.610. The Kier molecular flexibility index (Phi) is 4.36. The van der Waals surface area contributed by atoms with Crippen LogP contribution in [0.15, 0.2) is 0 Å². The summed E-state index contributed by atoms with van der Waals surface area (Å²) in [7, 11) is 1.47. The summed E-state index contributed by atoms with van der Waals surface area (Å²) >= 11 is 0. The molecule has 0 aromatic rings. The maximum atomic E-state index is 11.3. The first kappa shape index (κ1) is 12.4. The molecule has 0 heterocycles. The Morgan fingerprint density at radius 3 is 2.23 bits per heavy atom. The Morgan fingerprint density at radius 2 is 1.92 bits per heavy atom. The van der Waals surface area contributed by atoms with E-state index in [0.717, 1.165) is 0 Å². The molecular weight excluding hydrogens is 170 g/mol. The van der Waals surface area contributed by atoms with E-state index in [4.69, 9.17) is 4.74 Å². The molecule has 2 unspecified atom stereocenters. The second-order valence-electron chi connectivity index (χ2n) is 3.76. The molecule has 4 nitrogen and oxygen atoms in total. The molecule has 0 aliphatic heterocycles. The van der Waals surface area contributed by atoms with Crippen molar-refractivity contribution in [3.05, 3.63) is 0 Å². The minimum absolute atomic E-state index is 0.214. The molecule has 4 heteroatoms. The van der Waals surface area contributed by atoms with Gasteiger partial charge >= 0.3 is 0 Å². The van der Waals surface area contributed by atoms with Crippen LogP contribution in [0.4, 0.5) is 0 Å². The fraction of sp³-hybridized carbons (Fsp3) is 0.889. The number of aliphatic hydroxyl groups is 1. The third kappa shape index (κ3) is 3.74. The highest BCUT2D eigenvalue weighted by atomic mass is 16.5. The Balaban J connectivity index is 4.19. The van der Waals surface area contributed by atoms with Gasteiger partial charge in [0.15, 0.2) is 0 Å². The van der Waals surface area contributed by atoms with Crippen LogP contribution in [0.25, 0.3) is 0 Å².